The van der Waals surface area contributed by atoms with Crippen molar-refractivity contribution >= 4 is 0 Å². The molecule has 1 aromatic rings. The number of alkyl halides is 3. The third kappa shape index (κ3) is 4.67. The van der Waals surface area contributed by atoms with Crippen molar-refractivity contribution in [3.63, 3.8) is 0 Å². The van der Waals surface area contributed by atoms with Crippen LogP contribution in [0.25, 0.3) is 0 Å². The zero-order valence-corrected chi connectivity index (χ0v) is 13.6. The third-order valence-electron chi connectivity index (χ3n) is 4.42. The summed E-state index contributed by atoms with van der Waals surface area (Å²) in [6.45, 7) is 7.22. The van der Waals surface area contributed by atoms with Crippen LogP contribution in [0.3, 0.4) is 0 Å². The Labute approximate surface area is 134 Å². The SMILES string of the molecule is CCCC(C)[C@@H](c1cc(F)cc(C(F)(F)F)c1)N1CCNCC1. The molecule has 0 spiro atoms. The third-order valence-corrected chi connectivity index (χ3v) is 4.42. The number of hydrogen-bond donors (Lipinski definition) is 1. The maximum atomic E-state index is 13.8. The van der Waals surface area contributed by atoms with Gasteiger partial charge in [0.2, 0.25) is 0 Å². The molecular weight excluding hydrogens is 308 g/mol. The molecule has 6 heteroatoms. The number of benzene rings is 1. The van der Waals surface area contributed by atoms with Crippen LogP contribution in [0.4, 0.5) is 17.6 Å². The second kappa shape index (κ2) is 7.62. The summed E-state index contributed by atoms with van der Waals surface area (Å²) in [5, 5.41) is 3.24. The zero-order valence-electron chi connectivity index (χ0n) is 13.6. The fourth-order valence-electron chi connectivity index (χ4n) is 3.42. The fourth-order valence-corrected chi connectivity index (χ4v) is 3.42. The monoisotopic (exact) mass is 332 g/mol. The maximum Gasteiger partial charge on any atom is 0.416 e. The molecule has 130 valence electrons. The standard InChI is InChI=1S/C17H24F4N2/c1-3-4-12(2)16(23-7-5-22-6-8-23)13-9-14(17(19,20)21)11-15(18)10-13/h9-12,16,22H,3-8H2,1-2H3/t12?,16-/m0/s1. The van der Waals surface area contributed by atoms with Crippen molar-refractivity contribution in [3.8, 4) is 0 Å². The molecule has 2 nitrogen and oxygen atoms in total. The molecule has 1 aliphatic rings. The lowest BCUT2D eigenvalue weighted by atomic mass is 9.88. The summed E-state index contributed by atoms with van der Waals surface area (Å²) in [6.07, 6.45) is -2.68. The summed E-state index contributed by atoms with van der Waals surface area (Å²) in [7, 11) is 0. The average Bonchev–Trinajstić information content (AvgIpc) is 2.47. The van der Waals surface area contributed by atoms with Crippen molar-refractivity contribution in [2.75, 3.05) is 26.2 Å². The van der Waals surface area contributed by atoms with Gasteiger partial charge in [-0.2, -0.15) is 13.2 Å². The van der Waals surface area contributed by atoms with Crippen molar-refractivity contribution < 1.29 is 17.6 Å². The van der Waals surface area contributed by atoms with Gasteiger partial charge < -0.3 is 5.32 Å². The van der Waals surface area contributed by atoms with Gasteiger partial charge in [0, 0.05) is 32.2 Å². The van der Waals surface area contributed by atoms with Gasteiger partial charge in [0.25, 0.3) is 0 Å². The molecule has 1 unspecified atom stereocenters. The lowest BCUT2D eigenvalue weighted by Crippen LogP contribution is -2.46. The summed E-state index contributed by atoms with van der Waals surface area (Å²) < 4.78 is 52.8. The Morgan fingerprint density at radius 1 is 1.17 bits per heavy atom. The lowest BCUT2D eigenvalue weighted by Gasteiger charge is -2.39. The summed E-state index contributed by atoms with van der Waals surface area (Å²) in [4.78, 5) is 2.17. The van der Waals surface area contributed by atoms with E-state index in [0.717, 1.165) is 45.1 Å². The molecule has 1 aliphatic heterocycles. The van der Waals surface area contributed by atoms with E-state index in [9.17, 15) is 17.6 Å². The molecule has 2 atom stereocenters. The van der Waals surface area contributed by atoms with Crippen molar-refractivity contribution in [1.29, 1.82) is 0 Å². The van der Waals surface area contributed by atoms with Crippen LogP contribution in [-0.4, -0.2) is 31.1 Å². The Hall–Kier alpha value is -1.14. The molecule has 1 heterocycles. The Balaban J connectivity index is 2.39. The first-order chi connectivity index (χ1) is 10.8. The van der Waals surface area contributed by atoms with E-state index < -0.39 is 17.6 Å². The molecule has 0 radical (unpaired) electrons. The van der Waals surface area contributed by atoms with Gasteiger partial charge in [-0.25, -0.2) is 4.39 Å². The lowest BCUT2D eigenvalue weighted by molar-refractivity contribution is -0.137. The summed E-state index contributed by atoms with van der Waals surface area (Å²) >= 11 is 0. The molecule has 2 rings (SSSR count). The molecule has 1 N–H and O–H groups in total. The first-order valence-electron chi connectivity index (χ1n) is 8.15. The number of nitrogens with one attached hydrogen (secondary N) is 1. The number of hydrogen-bond acceptors (Lipinski definition) is 2. The normalized spacial score (nSPS) is 19.6. The van der Waals surface area contributed by atoms with Crippen LogP contribution in [-0.2, 0) is 6.18 Å². The minimum atomic E-state index is -4.53. The summed E-state index contributed by atoms with van der Waals surface area (Å²) in [5.41, 5.74) is -0.475. The number of rotatable bonds is 5. The van der Waals surface area contributed by atoms with Gasteiger partial charge >= 0.3 is 6.18 Å². The van der Waals surface area contributed by atoms with Crippen molar-refractivity contribution in [2.45, 2.75) is 38.9 Å². The first kappa shape index (κ1) is 18.2. The Kier molecular flexibility index (Phi) is 6.03. The van der Waals surface area contributed by atoms with Crippen LogP contribution in [0.2, 0.25) is 0 Å². The predicted molar refractivity (Wildman–Crippen MR) is 82.7 cm³/mol. The Bertz CT molecular complexity index is 510. The largest absolute Gasteiger partial charge is 0.416 e. The molecule has 0 aromatic heterocycles. The van der Waals surface area contributed by atoms with Gasteiger partial charge in [0.15, 0.2) is 0 Å². The van der Waals surface area contributed by atoms with E-state index in [2.05, 4.69) is 17.1 Å². The second-order valence-corrected chi connectivity index (χ2v) is 6.27. The smallest absolute Gasteiger partial charge is 0.314 e. The van der Waals surface area contributed by atoms with Crippen LogP contribution in [0, 0.1) is 11.7 Å². The molecule has 1 aromatic carbocycles. The molecule has 0 amide bonds. The molecule has 0 aliphatic carbocycles. The molecule has 0 bridgehead atoms. The molecule has 0 saturated carbocycles. The zero-order chi connectivity index (χ0) is 17.0. The van der Waals surface area contributed by atoms with Crippen LogP contribution in [0.15, 0.2) is 18.2 Å². The second-order valence-electron chi connectivity index (χ2n) is 6.27. The topological polar surface area (TPSA) is 15.3 Å². The van der Waals surface area contributed by atoms with Gasteiger partial charge in [-0.15, -0.1) is 0 Å². The molecule has 1 fully saturated rings. The molecular formula is C17H24F4N2. The van der Waals surface area contributed by atoms with E-state index in [1.165, 1.54) is 6.07 Å². The van der Waals surface area contributed by atoms with Crippen molar-refractivity contribution in [1.82, 2.24) is 10.2 Å². The summed E-state index contributed by atoms with van der Waals surface area (Å²) in [6, 6.07) is 2.76. The quantitative estimate of drug-likeness (QED) is 0.812. The highest BCUT2D eigenvalue weighted by molar-refractivity contribution is 5.29. The van der Waals surface area contributed by atoms with E-state index in [4.69, 9.17) is 0 Å². The first-order valence-corrected chi connectivity index (χ1v) is 8.15. The molecule has 1 saturated heterocycles. The van der Waals surface area contributed by atoms with E-state index in [1.807, 2.05) is 6.92 Å². The minimum absolute atomic E-state index is 0.168. The van der Waals surface area contributed by atoms with E-state index in [0.29, 0.717) is 11.6 Å². The number of halogens is 4. The van der Waals surface area contributed by atoms with Crippen LogP contribution in [0.1, 0.15) is 43.9 Å². The number of piperazine rings is 1. The van der Waals surface area contributed by atoms with E-state index in [-0.39, 0.29) is 12.0 Å². The van der Waals surface area contributed by atoms with Crippen molar-refractivity contribution in [3.05, 3.63) is 35.1 Å². The summed E-state index contributed by atoms with van der Waals surface area (Å²) in [5.74, 6) is -0.653. The molecule has 23 heavy (non-hydrogen) atoms. The highest BCUT2D eigenvalue weighted by Gasteiger charge is 2.34. The average molecular weight is 332 g/mol. The van der Waals surface area contributed by atoms with Crippen LogP contribution < -0.4 is 5.32 Å². The van der Waals surface area contributed by atoms with Gasteiger partial charge in [-0.1, -0.05) is 20.3 Å². The van der Waals surface area contributed by atoms with E-state index in [1.54, 1.807) is 0 Å². The van der Waals surface area contributed by atoms with Crippen molar-refractivity contribution in [2.24, 2.45) is 5.92 Å². The predicted octanol–water partition coefficient (Wildman–Crippen LogP) is 4.23. The Morgan fingerprint density at radius 3 is 2.39 bits per heavy atom. The highest BCUT2D eigenvalue weighted by Crippen LogP contribution is 2.36. The van der Waals surface area contributed by atoms with Gasteiger partial charge in [0.1, 0.15) is 5.82 Å². The minimum Gasteiger partial charge on any atom is -0.314 e. The Morgan fingerprint density at radius 2 is 1.83 bits per heavy atom. The van der Waals surface area contributed by atoms with Gasteiger partial charge in [-0.3, -0.25) is 4.90 Å². The van der Waals surface area contributed by atoms with Gasteiger partial charge in [0.05, 0.1) is 5.56 Å². The van der Waals surface area contributed by atoms with E-state index >= 15 is 0 Å². The van der Waals surface area contributed by atoms with Crippen LogP contribution in [0.5, 0.6) is 0 Å². The van der Waals surface area contributed by atoms with Gasteiger partial charge in [-0.05, 0) is 36.1 Å². The maximum absolute atomic E-state index is 13.8. The van der Waals surface area contributed by atoms with Crippen LogP contribution >= 0.6 is 0 Å². The number of nitrogens with zero attached hydrogens (tertiary/aromatic N) is 1. The highest BCUT2D eigenvalue weighted by atomic mass is 19.4. The fraction of sp³-hybridized carbons (Fsp3) is 0.647.